The third kappa shape index (κ3) is 3.29. The van der Waals surface area contributed by atoms with Gasteiger partial charge in [0.2, 0.25) is 0 Å². The summed E-state index contributed by atoms with van der Waals surface area (Å²) in [7, 11) is 0. The summed E-state index contributed by atoms with van der Waals surface area (Å²) in [4.78, 5) is 0. The molecule has 2 aromatic carbocycles. The molecule has 1 aliphatic rings. The summed E-state index contributed by atoms with van der Waals surface area (Å²) in [6, 6.07) is 10.7. The molecule has 0 radical (unpaired) electrons. The van der Waals surface area contributed by atoms with E-state index in [4.69, 9.17) is 6.42 Å². The molecule has 1 aliphatic carbocycles. The van der Waals surface area contributed by atoms with Crippen molar-refractivity contribution >= 4 is 0 Å². The van der Waals surface area contributed by atoms with Gasteiger partial charge in [0.25, 0.3) is 0 Å². The van der Waals surface area contributed by atoms with Crippen LogP contribution in [0.25, 0.3) is 11.1 Å². The van der Waals surface area contributed by atoms with Gasteiger partial charge in [0.15, 0.2) is 0 Å². The highest BCUT2D eigenvalue weighted by Gasteiger charge is 2.19. The van der Waals surface area contributed by atoms with E-state index in [0.717, 1.165) is 11.5 Å². The Morgan fingerprint density at radius 3 is 2.00 bits per heavy atom. The standard InChI is InChI=1S/C21H20F2/c1-3-19-20(22)12-18(13-21(19)23)17-10-8-16(9-11-17)15-6-4-14(2)5-7-15/h1,8-15H,4-7H2,2H3. The number of benzene rings is 2. The molecule has 1 saturated carbocycles. The third-order valence-electron chi connectivity index (χ3n) is 4.92. The Morgan fingerprint density at radius 1 is 0.913 bits per heavy atom. The lowest BCUT2D eigenvalue weighted by molar-refractivity contribution is 0.348. The summed E-state index contributed by atoms with van der Waals surface area (Å²) < 4.78 is 27.6. The molecule has 23 heavy (non-hydrogen) atoms. The topological polar surface area (TPSA) is 0 Å². The molecule has 0 heterocycles. The predicted octanol–water partition coefficient (Wildman–Crippen LogP) is 5.91. The van der Waals surface area contributed by atoms with E-state index in [-0.39, 0.29) is 5.56 Å². The third-order valence-corrected chi connectivity index (χ3v) is 4.92. The lowest BCUT2D eigenvalue weighted by atomic mass is 9.79. The number of hydrogen-bond acceptors (Lipinski definition) is 0. The van der Waals surface area contributed by atoms with Crippen molar-refractivity contribution in [3.63, 3.8) is 0 Å². The Labute approximate surface area is 136 Å². The Balaban J connectivity index is 1.84. The van der Waals surface area contributed by atoms with Gasteiger partial charge in [-0.15, -0.1) is 6.42 Å². The van der Waals surface area contributed by atoms with Gasteiger partial charge in [-0.05, 0) is 53.5 Å². The summed E-state index contributed by atoms with van der Waals surface area (Å²) in [6.45, 7) is 2.31. The van der Waals surface area contributed by atoms with Gasteiger partial charge in [0, 0.05) is 0 Å². The molecular formula is C21H20F2. The van der Waals surface area contributed by atoms with Crippen molar-refractivity contribution in [3.8, 4) is 23.5 Å². The molecule has 3 rings (SSSR count). The Kier molecular flexibility index (Phi) is 4.48. The van der Waals surface area contributed by atoms with Gasteiger partial charge in [0.05, 0.1) is 5.56 Å². The van der Waals surface area contributed by atoms with Crippen LogP contribution in [0.4, 0.5) is 8.78 Å². The first kappa shape index (κ1) is 15.7. The van der Waals surface area contributed by atoms with Crippen LogP contribution in [-0.4, -0.2) is 0 Å². The molecule has 0 bridgehead atoms. The van der Waals surface area contributed by atoms with E-state index in [9.17, 15) is 8.78 Å². The summed E-state index contributed by atoms with van der Waals surface area (Å²) in [5.74, 6) is 2.11. The maximum atomic E-state index is 13.8. The molecule has 2 aromatic rings. The fraction of sp³-hybridized carbons (Fsp3) is 0.333. The van der Waals surface area contributed by atoms with Crippen LogP contribution in [0.2, 0.25) is 0 Å². The molecule has 1 fully saturated rings. The maximum Gasteiger partial charge on any atom is 0.142 e. The molecule has 118 valence electrons. The number of hydrogen-bond donors (Lipinski definition) is 0. The highest BCUT2D eigenvalue weighted by molar-refractivity contribution is 5.65. The average molecular weight is 310 g/mol. The average Bonchev–Trinajstić information content (AvgIpc) is 2.55. The second-order valence-electron chi connectivity index (χ2n) is 6.54. The number of rotatable bonds is 2. The lowest BCUT2D eigenvalue weighted by Crippen LogP contribution is -2.10. The maximum absolute atomic E-state index is 13.8. The van der Waals surface area contributed by atoms with Crippen LogP contribution in [0.3, 0.4) is 0 Å². The van der Waals surface area contributed by atoms with Gasteiger partial charge in [-0.2, -0.15) is 0 Å². The van der Waals surface area contributed by atoms with Crippen LogP contribution in [0.1, 0.15) is 49.7 Å². The summed E-state index contributed by atoms with van der Waals surface area (Å²) in [5.41, 5.74) is 2.34. The number of halogens is 2. The first-order chi connectivity index (χ1) is 11.1. The largest absolute Gasteiger partial charge is 0.205 e. The van der Waals surface area contributed by atoms with Gasteiger partial charge >= 0.3 is 0 Å². The van der Waals surface area contributed by atoms with Gasteiger partial charge in [-0.1, -0.05) is 50.0 Å². The van der Waals surface area contributed by atoms with Crippen molar-refractivity contribution in [1.29, 1.82) is 0 Å². The minimum absolute atomic E-state index is 0.304. The van der Waals surface area contributed by atoms with E-state index in [0.29, 0.717) is 11.5 Å². The fourth-order valence-electron chi connectivity index (χ4n) is 3.42. The highest BCUT2D eigenvalue weighted by Crippen LogP contribution is 2.36. The van der Waals surface area contributed by atoms with Crippen LogP contribution in [0.15, 0.2) is 36.4 Å². The van der Waals surface area contributed by atoms with E-state index in [1.54, 1.807) is 0 Å². The lowest BCUT2D eigenvalue weighted by Gasteiger charge is -2.26. The Bertz CT molecular complexity index is 706. The zero-order chi connectivity index (χ0) is 16.4. The van der Waals surface area contributed by atoms with E-state index < -0.39 is 11.6 Å². The second kappa shape index (κ2) is 6.54. The molecule has 0 N–H and O–H groups in total. The second-order valence-corrected chi connectivity index (χ2v) is 6.54. The van der Waals surface area contributed by atoms with Crippen molar-refractivity contribution < 1.29 is 8.78 Å². The molecule has 0 aliphatic heterocycles. The highest BCUT2D eigenvalue weighted by atomic mass is 19.1. The SMILES string of the molecule is C#Cc1c(F)cc(-c2ccc(C3CCC(C)CC3)cc2)cc1F. The van der Waals surface area contributed by atoms with Crippen molar-refractivity contribution in [2.45, 2.75) is 38.5 Å². The van der Waals surface area contributed by atoms with Crippen LogP contribution >= 0.6 is 0 Å². The van der Waals surface area contributed by atoms with E-state index >= 15 is 0 Å². The van der Waals surface area contributed by atoms with Crippen LogP contribution in [0.5, 0.6) is 0 Å². The molecule has 0 spiro atoms. The predicted molar refractivity (Wildman–Crippen MR) is 90.1 cm³/mol. The van der Waals surface area contributed by atoms with E-state index in [1.165, 1.54) is 43.4 Å². The van der Waals surface area contributed by atoms with Crippen molar-refractivity contribution in [2.24, 2.45) is 5.92 Å². The first-order valence-electron chi connectivity index (χ1n) is 8.14. The normalized spacial score (nSPS) is 21.0. The van der Waals surface area contributed by atoms with Gasteiger partial charge in [0.1, 0.15) is 11.6 Å². The zero-order valence-electron chi connectivity index (χ0n) is 13.3. The first-order valence-corrected chi connectivity index (χ1v) is 8.14. The quantitative estimate of drug-likeness (QED) is 0.605. The molecule has 0 saturated heterocycles. The minimum Gasteiger partial charge on any atom is -0.205 e. The summed E-state index contributed by atoms with van der Waals surface area (Å²) in [6.07, 6.45) is 10.1. The smallest absolute Gasteiger partial charge is 0.142 e. The van der Waals surface area contributed by atoms with Gasteiger partial charge < -0.3 is 0 Å². The van der Waals surface area contributed by atoms with Crippen molar-refractivity contribution in [3.05, 3.63) is 59.2 Å². The molecular weight excluding hydrogens is 290 g/mol. The van der Waals surface area contributed by atoms with Crippen molar-refractivity contribution in [1.82, 2.24) is 0 Å². The molecule has 0 unspecified atom stereocenters. The zero-order valence-corrected chi connectivity index (χ0v) is 13.3. The van der Waals surface area contributed by atoms with Crippen molar-refractivity contribution in [2.75, 3.05) is 0 Å². The molecule has 0 amide bonds. The molecule has 0 aromatic heterocycles. The fourth-order valence-corrected chi connectivity index (χ4v) is 3.42. The molecule has 2 heteroatoms. The van der Waals surface area contributed by atoms with Crippen LogP contribution < -0.4 is 0 Å². The molecule has 0 nitrogen and oxygen atoms in total. The van der Waals surface area contributed by atoms with E-state index in [1.807, 2.05) is 18.1 Å². The van der Waals surface area contributed by atoms with Crippen LogP contribution in [0, 0.1) is 29.9 Å². The summed E-state index contributed by atoms with van der Waals surface area (Å²) in [5, 5.41) is 0. The summed E-state index contributed by atoms with van der Waals surface area (Å²) >= 11 is 0. The Hall–Kier alpha value is -2.14. The van der Waals surface area contributed by atoms with Gasteiger partial charge in [-0.3, -0.25) is 0 Å². The molecule has 0 atom stereocenters. The monoisotopic (exact) mass is 310 g/mol. The number of terminal acetylenes is 1. The van der Waals surface area contributed by atoms with Gasteiger partial charge in [-0.25, -0.2) is 8.78 Å². The Morgan fingerprint density at radius 2 is 1.48 bits per heavy atom. The van der Waals surface area contributed by atoms with E-state index in [2.05, 4.69) is 19.1 Å². The minimum atomic E-state index is -0.687. The van der Waals surface area contributed by atoms with Crippen LogP contribution in [-0.2, 0) is 0 Å².